The lowest BCUT2D eigenvalue weighted by Gasteiger charge is -2.45. The van der Waals surface area contributed by atoms with Crippen LogP contribution in [0.25, 0.3) is 0 Å². The smallest absolute Gasteiger partial charge is 0.194 e. The molecule has 0 bridgehead atoms. The zero-order valence-corrected chi connectivity index (χ0v) is 11.0. The van der Waals surface area contributed by atoms with Crippen molar-refractivity contribution in [3.8, 4) is 0 Å². The van der Waals surface area contributed by atoms with Gasteiger partial charge in [0.15, 0.2) is 5.78 Å². The molecule has 3 rings (SSSR count). The maximum atomic E-state index is 12.1. The lowest BCUT2D eigenvalue weighted by Crippen LogP contribution is -2.48. The first kappa shape index (κ1) is 11.4. The van der Waals surface area contributed by atoms with Crippen molar-refractivity contribution < 1.29 is 4.79 Å². The lowest BCUT2D eigenvalue weighted by atomic mass is 9.72. The molecule has 1 atom stereocenters. The number of fused-ring (bicyclic) bond motifs is 1. The summed E-state index contributed by atoms with van der Waals surface area (Å²) in [6.07, 6.45) is 4.22. The molecule has 0 aliphatic heterocycles. The number of halogens is 1. The second kappa shape index (κ2) is 4.18. The second-order valence-corrected chi connectivity index (χ2v) is 6.32. The molecule has 2 aliphatic rings. The van der Waals surface area contributed by atoms with E-state index < -0.39 is 0 Å². The van der Waals surface area contributed by atoms with Crippen LogP contribution >= 0.6 is 23.4 Å². The molecule has 0 heterocycles. The van der Waals surface area contributed by atoms with Gasteiger partial charge >= 0.3 is 0 Å². The monoisotopic (exact) mass is 264 g/mol. The molecule has 17 heavy (non-hydrogen) atoms. The number of allylic oxidation sites excluding steroid dienone is 1. The molecule has 3 heteroatoms. The highest BCUT2D eigenvalue weighted by atomic mass is 35.5. The standard InChI is InChI=1S/C14H13ClOS/c15-12-11-8-4-5-9-14(11,13(12)16)17-10-6-2-1-3-7-10/h1-3,6-7H,4-5,8-9H2. The van der Waals surface area contributed by atoms with Crippen LogP contribution in [-0.2, 0) is 4.79 Å². The number of carbonyl (C=O) groups excluding carboxylic acids is 1. The number of Topliss-reactive ketones (excluding diaryl/α,β-unsaturated/α-hetero) is 1. The van der Waals surface area contributed by atoms with Gasteiger partial charge in [-0.05, 0) is 37.0 Å². The summed E-state index contributed by atoms with van der Waals surface area (Å²) in [6, 6.07) is 10.1. The quantitative estimate of drug-likeness (QED) is 0.798. The van der Waals surface area contributed by atoms with Crippen molar-refractivity contribution in [2.75, 3.05) is 0 Å². The van der Waals surface area contributed by atoms with Crippen molar-refractivity contribution >= 4 is 29.1 Å². The van der Waals surface area contributed by atoms with Crippen LogP contribution in [0, 0.1) is 0 Å². The van der Waals surface area contributed by atoms with E-state index in [-0.39, 0.29) is 10.5 Å². The minimum absolute atomic E-state index is 0.141. The number of thioether (sulfide) groups is 1. The minimum atomic E-state index is -0.323. The second-order valence-electron chi connectivity index (χ2n) is 4.57. The summed E-state index contributed by atoms with van der Waals surface area (Å²) >= 11 is 7.73. The minimum Gasteiger partial charge on any atom is -0.291 e. The third-order valence-electron chi connectivity index (χ3n) is 3.56. The molecule has 0 amide bonds. The fourth-order valence-electron chi connectivity index (χ4n) is 2.67. The Morgan fingerprint density at radius 1 is 1.18 bits per heavy atom. The summed E-state index contributed by atoms with van der Waals surface area (Å²) in [6.45, 7) is 0. The van der Waals surface area contributed by atoms with Crippen LogP contribution in [0.5, 0.6) is 0 Å². The van der Waals surface area contributed by atoms with Gasteiger partial charge in [-0.2, -0.15) is 0 Å². The molecule has 1 saturated carbocycles. The average Bonchev–Trinajstić information content (AvgIpc) is 2.39. The normalized spacial score (nSPS) is 27.7. The predicted octanol–water partition coefficient (Wildman–Crippen LogP) is 4.17. The highest BCUT2D eigenvalue weighted by Crippen LogP contribution is 2.56. The molecule has 1 aromatic rings. The fourth-order valence-corrected chi connectivity index (χ4v) is 4.66. The molecular formula is C14H13ClOS. The number of rotatable bonds is 2. The Kier molecular flexibility index (Phi) is 2.80. The maximum Gasteiger partial charge on any atom is 0.194 e. The van der Waals surface area contributed by atoms with Crippen LogP contribution in [0.15, 0.2) is 45.8 Å². The Balaban J connectivity index is 1.94. The summed E-state index contributed by atoms with van der Waals surface area (Å²) in [5, 5.41) is 0.508. The Morgan fingerprint density at radius 2 is 1.94 bits per heavy atom. The van der Waals surface area contributed by atoms with Gasteiger partial charge < -0.3 is 0 Å². The van der Waals surface area contributed by atoms with Crippen LogP contribution in [-0.4, -0.2) is 10.5 Å². The topological polar surface area (TPSA) is 17.1 Å². The molecule has 2 aliphatic carbocycles. The van der Waals surface area contributed by atoms with Gasteiger partial charge in [0, 0.05) is 4.90 Å². The van der Waals surface area contributed by atoms with Crippen LogP contribution in [0.4, 0.5) is 0 Å². The van der Waals surface area contributed by atoms with Crippen LogP contribution in [0.2, 0.25) is 0 Å². The van der Waals surface area contributed by atoms with E-state index >= 15 is 0 Å². The summed E-state index contributed by atoms with van der Waals surface area (Å²) < 4.78 is -0.323. The van der Waals surface area contributed by atoms with Gasteiger partial charge in [-0.25, -0.2) is 0 Å². The van der Waals surface area contributed by atoms with Gasteiger partial charge in [-0.1, -0.05) is 36.2 Å². The Labute approximate surface area is 110 Å². The predicted molar refractivity (Wildman–Crippen MR) is 71.4 cm³/mol. The fraction of sp³-hybridized carbons (Fsp3) is 0.357. The molecule has 0 radical (unpaired) electrons. The highest BCUT2D eigenvalue weighted by Gasteiger charge is 2.54. The third kappa shape index (κ3) is 1.66. The van der Waals surface area contributed by atoms with Crippen molar-refractivity contribution in [3.63, 3.8) is 0 Å². The van der Waals surface area contributed by atoms with E-state index in [0.29, 0.717) is 5.03 Å². The zero-order chi connectivity index (χ0) is 11.9. The zero-order valence-electron chi connectivity index (χ0n) is 9.41. The summed E-state index contributed by atoms with van der Waals surface area (Å²) in [4.78, 5) is 13.3. The molecule has 1 nitrogen and oxygen atoms in total. The molecule has 88 valence electrons. The number of ketones is 1. The molecule has 0 spiro atoms. The van der Waals surface area contributed by atoms with Gasteiger partial charge in [0.25, 0.3) is 0 Å². The van der Waals surface area contributed by atoms with E-state index in [1.807, 2.05) is 18.2 Å². The average molecular weight is 265 g/mol. The number of carbonyl (C=O) groups is 1. The van der Waals surface area contributed by atoms with E-state index in [9.17, 15) is 4.79 Å². The highest BCUT2D eigenvalue weighted by molar-refractivity contribution is 8.01. The van der Waals surface area contributed by atoms with Gasteiger partial charge in [0.2, 0.25) is 0 Å². The third-order valence-corrected chi connectivity index (χ3v) is 5.45. The van der Waals surface area contributed by atoms with Crippen molar-refractivity contribution in [2.24, 2.45) is 0 Å². The first-order valence-electron chi connectivity index (χ1n) is 5.92. The molecule has 1 aromatic carbocycles. The summed E-state index contributed by atoms with van der Waals surface area (Å²) in [7, 11) is 0. The van der Waals surface area contributed by atoms with Crippen molar-refractivity contribution in [1.82, 2.24) is 0 Å². The molecule has 1 fully saturated rings. The Bertz CT molecular complexity index is 494. The summed E-state index contributed by atoms with van der Waals surface area (Å²) in [5.41, 5.74) is 1.18. The molecule has 0 N–H and O–H groups in total. The van der Waals surface area contributed by atoms with Gasteiger partial charge in [-0.3, -0.25) is 4.79 Å². The van der Waals surface area contributed by atoms with E-state index in [1.165, 1.54) is 5.57 Å². The molecule has 0 saturated heterocycles. The SMILES string of the molecule is O=C1C(Cl)=C2CCCCC12Sc1ccccc1. The van der Waals surface area contributed by atoms with Crippen LogP contribution in [0.1, 0.15) is 25.7 Å². The van der Waals surface area contributed by atoms with E-state index in [2.05, 4.69) is 12.1 Å². The molecule has 1 unspecified atom stereocenters. The first-order valence-corrected chi connectivity index (χ1v) is 7.11. The number of hydrogen-bond acceptors (Lipinski definition) is 2. The van der Waals surface area contributed by atoms with Crippen LogP contribution in [0.3, 0.4) is 0 Å². The first-order chi connectivity index (χ1) is 8.24. The van der Waals surface area contributed by atoms with E-state index in [1.54, 1.807) is 11.8 Å². The van der Waals surface area contributed by atoms with Crippen molar-refractivity contribution in [1.29, 1.82) is 0 Å². The summed E-state index contributed by atoms with van der Waals surface area (Å²) in [5.74, 6) is 0.141. The van der Waals surface area contributed by atoms with Gasteiger partial charge in [-0.15, -0.1) is 11.8 Å². The van der Waals surface area contributed by atoms with Gasteiger partial charge in [0.05, 0.1) is 5.03 Å². The number of benzene rings is 1. The van der Waals surface area contributed by atoms with E-state index in [0.717, 1.165) is 30.6 Å². The molecular weight excluding hydrogens is 252 g/mol. The van der Waals surface area contributed by atoms with Gasteiger partial charge in [0.1, 0.15) is 4.75 Å². The van der Waals surface area contributed by atoms with E-state index in [4.69, 9.17) is 11.6 Å². The Morgan fingerprint density at radius 3 is 2.71 bits per heavy atom. The van der Waals surface area contributed by atoms with Crippen LogP contribution < -0.4 is 0 Å². The van der Waals surface area contributed by atoms with Crippen molar-refractivity contribution in [3.05, 3.63) is 40.9 Å². The Hall–Kier alpha value is -0.730. The van der Waals surface area contributed by atoms with Crippen molar-refractivity contribution in [2.45, 2.75) is 35.3 Å². The molecule has 0 aromatic heterocycles. The maximum absolute atomic E-state index is 12.1. The largest absolute Gasteiger partial charge is 0.291 e. The lowest BCUT2D eigenvalue weighted by molar-refractivity contribution is -0.118. The number of hydrogen-bond donors (Lipinski definition) is 0.